The molecule has 0 unspecified atom stereocenters. The van der Waals surface area contributed by atoms with Crippen LogP contribution in [0.2, 0.25) is 5.02 Å². The number of halogens is 1. The van der Waals surface area contributed by atoms with Crippen LogP contribution in [0.25, 0.3) is 0 Å². The molecule has 5 aliphatic heterocycles. The van der Waals surface area contributed by atoms with Crippen molar-refractivity contribution in [3.8, 4) is 0 Å². The topological polar surface area (TPSA) is 305 Å². The Balaban J connectivity index is 0.000000164. The third-order valence-electron chi connectivity index (χ3n) is 29.3. The number of hydrogen-bond donors (Lipinski definition) is 8. The van der Waals surface area contributed by atoms with E-state index in [1.807, 2.05) is 108 Å². The molecule has 15 rings (SSSR count). The Kier molecular flexibility index (Phi) is 41.8. The average molecular weight is 1910 g/mol. The molecular formula is C101H163ClN14O11S4. The molecule has 4 aromatic heterocycles. The molecular weight excluding hydrogens is 1750 g/mol. The molecule has 8 N–H and O–H groups in total. The van der Waals surface area contributed by atoms with E-state index in [0.717, 1.165) is 141 Å². The number of carboxylic acids is 1. The largest absolute Gasteiger partial charge is 0.480 e. The lowest BCUT2D eigenvalue weighted by molar-refractivity contribution is -0.139. The highest BCUT2D eigenvalue weighted by Crippen LogP contribution is 2.51. The Hall–Kier alpha value is -6.63. The average Bonchev–Trinajstić information content (AvgIpc) is 1.77. The maximum Gasteiger partial charge on any atom is 0.410 e. The van der Waals surface area contributed by atoms with E-state index in [4.69, 9.17) is 35.7 Å². The van der Waals surface area contributed by atoms with Crippen molar-refractivity contribution in [1.82, 2.24) is 50.6 Å². The van der Waals surface area contributed by atoms with Gasteiger partial charge in [-0.2, -0.15) is 0 Å². The van der Waals surface area contributed by atoms with Crippen molar-refractivity contribution >= 4 is 114 Å². The summed E-state index contributed by atoms with van der Waals surface area (Å²) in [4.78, 5) is 94.5. The summed E-state index contributed by atoms with van der Waals surface area (Å²) in [5, 5.41) is 45.9. The summed E-state index contributed by atoms with van der Waals surface area (Å²) in [7, 11) is 0. The standard InChI is InChI=1S/2C20H33N3O2S.C17H29NO3.2C15H25N3S.C14H18ClNO4/c2*1-19(2,3)25-18(24)23-12-9-20(10-13-23,16-7-5-4-6-8-16)15-22-17-21-11-14-26-17;1-16(2,3)21-15(20)18-11-9-17(13-19,10-12-18)14-7-5-4-6-8-14;2*1-2-4-13(5-3-1)15(6-8-16-9-7-15)12-18-14-17-10-11-19-14;1-14(2,3)20-13(19)16-11(12(17)18)8-9-4-6-10(15)7-5-9/h2*11,14,16H,4-10,12-13,15H2,1-3H3,(H,21,22);13-14H,4-12H2,1-3H3;2*10-11,13,16H,1-9,12H2,(H,17,18);4-7,11H,8H2,1-3H3,(H,16,19)(H,17,18)/t;;;;;11-/m.....1/s1. The van der Waals surface area contributed by atoms with Gasteiger partial charge in [-0.3, -0.25) is 0 Å². The first kappa shape index (κ1) is 106. The Morgan fingerprint density at radius 2 is 0.679 bits per heavy atom. The zero-order valence-corrected chi connectivity index (χ0v) is 85.5. The second-order valence-corrected chi connectivity index (χ2v) is 47.0. The van der Waals surface area contributed by atoms with E-state index in [1.165, 1.54) is 219 Å². The molecule has 10 fully saturated rings. The highest BCUT2D eigenvalue weighted by molar-refractivity contribution is 7.14. The van der Waals surface area contributed by atoms with E-state index in [9.17, 15) is 28.8 Å². The van der Waals surface area contributed by atoms with E-state index >= 15 is 0 Å². The molecule has 5 aliphatic carbocycles. The van der Waals surface area contributed by atoms with Crippen molar-refractivity contribution in [2.24, 2.45) is 56.7 Å². The third-order valence-corrected chi connectivity index (χ3v) is 32.5. The quantitative estimate of drug-likeness (QED) is 0.0236. The van der Waals surface area contributed by atoms with Crippen LogP contribution >= 0.6 is 56.9 Å². The predicted molar refractivity (Wildman–Crippen MR) is 535 cm³/mol. The van der Waals surface area contributed by atoms with Crippen molar-refractivity contribution in [2.45, 2.75) is 343 Å². The van der Waals surface area contributed by atoms with Crippen LogP contribution in [0.1, 0.15) is 313 Å². The van der Waals surface area contributed by atoms with Crippen LogP contribution < -0.4 is 37.2 Å². The number of hydrogen-bond acceptors (Lipinski definition) is 24. The number of piperidine rings is 5. The predicted octanol–water partition coefficient (Wildman–Crippen LogP) is 24.0. The summed E-state index contributed by atoms with van der Waals surface area (Å²) in [5.74, 6) is 2.76. The van der Waals surface area contributed by atoms with Gasteiger partial charge in [0.15, 0.2) is 20.5 Å². The SMILES string of the molecule is CC(C)(C)OC(=O)N1CCC(C=O)(C2CCCCC2)CC1.CC(C)(C)OC(=O)N1CCC(CNc2nccs2)(C2CCCCC2)CC1.CC(C)(C)OC(=O)N1CCC(CNc2nccs2)(C2CCCCC2)CC1.CC(C)(C)OC(=O)N[C@H](Cc1ccc(Cl)cc1)C(=O)O.c1csc(NCC2(C3CCCCC3)CCNCC2)n1.c1csc(NCC2(C3CCCCC3)CCNCC2)n1. The summed E-state index contributed by atoms with van der Waals surface area (Å²) >= 11 is 12.5. The highest BCUT2D eigenvalue weighted by atomic mass is 35.5. The number of nitrogens with zero attached hydrogens (tertiary/aromatic N) is 7. The van der Waals surface area contributed by atoms with Crippen LogP contribution in [0, 0.1) is 56.7 Å². The number of aromatic nitrogens is 4. The van der Waals surface area contributed by atoms with Crippen LogP contribution in [-0.2, 0) is 35.0 Å². The number of aliphatic carboxylic acids is 1. The molecule has 5 aromatic rings. The van der Waals surface area contributed by atoms with Gasteiger partial charge < -0.3 is 80.8 Å². The molecule has 0 spiro atoms. The second kappa shape index (κ2) is 51.5. The molecule has 9 heterocycles. The lowest BCUT2D eigenvalue weighted by atomic mass is 9.63. The zero-order chi connectivity index (χ0) is 94.0. The number of carboxylic acid groups (broad SMARTS) is 1. The molecule has 10 aliphatic rings. The van der Waals surface area contributed by atoms with Crippen molar-refractivity contribution in [3.63, 3.8) is 0 Å². The monoisotopic (exact) mass is 1910 g/mol. The van der Waals surface area contributed by atoms with E-state index in [1.54, 1.807) is 95.3 Å². The van der Waals surface area contributed by atoms with Crippen LogP contribution in [0.5, 0.6) is 0 Å². The number of aldehydes is 1. The van der Waals surface area contributed by atoms with Gasteiger partial charge in [-0.05, 0) is 307 Å². The van der Waals surface area contributed by atoms with Gasteiger partial charge in [0.2, 0.25) is 0 Å². The van der Waals surface area contributed by atoms with Crippen molar-refractivity contribution < 1.29 is 52.8 Å². The maximum absolute atomic E-state index is 12.4. The molecule has 30 heteroatoms. The van der Waals surface area contributed by atoms with Gasteiger partial charge in [0.25, 0.3) is 0 Å². The first-order chi connectivity index (χ1) is 62.6. The molecule has 5 saturated carbocycles. The van der Waals surface area contributed by atoms with Crippen molar-refractivity contribution in [3.05, 3.63) is 81.2 Å². The lowest BCUT2D eigenvalue weighted by Crippen LogP contribution is -2.50. The Morgan fingerprint density at radius 3 is 0.931 bits per heavy atom. The number of likely N-dealkylation sites (tertiary alicyclic amines) is 3. The highest BCUT2D eigenvalue weighted by Gasteiger charge is 2.48. The maximum atomic E-state index is 12.4. The summed E-state index contributed by atoms with van der Waals surface area (Å²) in [5.41, 5.74) is 0.136. The minimum Gasteiger partial charge on any atom is -0.480 e. The van der Waals surface area contributed by atoms with E-state index in [-0.39, 0.29) is 40.9 Å². The molecule has 0 radical (unpaired) electrons. The van der Waals surface area contributed by atoms with Crippen LogP contribution in [0.15, 0.2) is 70.6 Å². The van der Waals surface area contributed by atoms with Gasteiger partial charge >= 0.3 is 30.3 Å². The zero-order valence-electron chi connectivity index (χ0n) is 81.5. The van der Waals surface area contributed by atoms with Gasteiger partial charge in [-0.1, -0.05) is 120 Å². The van der Waals surface area contributed by atoms with E-state index < -0.39 is 40.5 Å². The molecule has 131 heavy (non-hydrogen) atoms. The molecule has 25 nitrogen and oxygen atoms in total. The Morgan fingerprint density at radius 1 is 0.412 bits per heavy atom. The summed E-state index contributed by atoms with van der Waals surface area (Å²) in [6, 6.07) is 5.72. The number of ether oxygens (including phenoxy) is 4. The first-order valence-corrected chi connectivity index (χ1v) is 53.8. The minimum atomic E-state index is -1.12. The molecule has 5 saturated heterocycles. The number of alkyl carbamates (subject to hydrolysis) is 1. The summed E-state index contributed by atoms with van der Waals surface area (Å²) < 4.78 is 21.6. The van der Waals surface area contributed by atoms with Crippen LogP contribution in [0.4, 0.5) is 39.7 Å². The summed E-state index contributed by atoms with van der Waals surface area (Å²) in [6.45, 7) is 35.8. The number of carbonyl (C=O) groups is 6. The van der Waals surface area contributed by atoms with Gasteiger partial charge in [-0.25, -0.2) is 43.9 Å². The fourth-order valence-corrected chi connectivity index (χ4v) is 24.3. The van der Waals surface area contributed by atoms with Gasteiger partial charge in [0, 0.05) is 129 Å². The second-order valence-electron chi connectivity index (χ2n) is 43.0. The van der Waals surface area contributed by atoms with E-state index in [2.05, 4.69) is 67.9 Å². The number of carbonyl (C=O) groups excluding carboxylic acids is 5. The normalized spacial score (nSPS) is 21.2. The van der Waals surface area contributed by atoms with Crippen LogP contribution in [0.3, 0.4) is 0 Å². The molecule has 1 atom stereocenters. The summed E-state index contributed by atoms with van der Waals surface area (Å²) in [6.07, 6.45) is 52.6. The number of amides is 4. The van der Waals surface area contributed by atoms with Gasteiger partial charge in [-0.15, -0.1) is 45.3 Å². The fourth-order valence-electron chi connectivity index (χ4n) is 22.0. The van der Waals surface area contributed by atoms with Crippen LogP contribution in [-0.4, -0.2) is 196 Å². The molecule has 0 bridgehead atoms. The molecule has 734 valence electrons. The van der Waals surface area contributed by atoms with E-state index in [0.29, 0.717) is 34.9 Å². The van der Waals surface area contributed by atoms with Crippen molar-refractivity contribution in [1.29, 1.82) is 0 Å². The lowest BCUT2D eigenvalue weighted by Gasteiger charge is -2.48. The Labute approximate surface area is 805 Å². The van der Waals surface area contributed by atoms with Crippen molar-refractivity contribution in [2.75, 3.05) is 113 Å². The third kappa shape index (κ3) is 34.8. The first-order valence-electron chi connectivity index (χ1n) is 49.9. The van der Waals surface area contributed by atoms with Gasteiger partial charge in [0.1, 0.15) is 34.7 Å². The molecule has 1 aromatic carbocycles. The number of anilines is 4. The number of nitrogens with one attached hydrogen (secondary N) is 7. The number of rotatable bonds is 22. The number of thiazole rings is 4. The van der Waals surface area contributed by atoms with Gasteiger partial charge in [0.05, 0.1) is 0 Å². The minimum absolute atomic E-state index is 0.158. The molecule has 4 amide bonds. The fraction of sp³-hybridized carbons (Fsp3) is 0.762. The Bertz CT molecular complexity index is 3890. The smallest absolute Gasteiger partial charge is 0.410 e. The number of benzene rings is 1.